The third-order valence-electron chi connectivity index (χ3n) is 3.43. The monoisotopic (exact) mass is 138 g/mol. The van der Waals surface area contributed by atoms with Crippen LogP contribution in [0.2, 0.25) is 0 Å². The minimum absolute atomic E-state index is 1.13. The molecule has 58 valence electrons. The zero-order valence-corrected chi connectivity index (χ0v) is 6.97. The van der Waals surface area contributed by atoms with Crippen LogP contribution in [0.15, 0.2) is 0 Å². The Bertz CT molecular complexity index is 111. The summed E-state index contributed by atoms with van der Waals surface area (Å²) in [7, 11) is 0. The quantitative estimate of drug-likeness (QED) is 0.561. The zero-order chi connectivity index (χ0) is 6.97. The van der Waals surface area contributed by atoms with Crippen LogP contribution < -0.4 is 0 Å². The van der Waals surface area contributed by atoms with Gasteiger partial charge in [0.2, 0.25) is 0 Å². The van der Waals surface area contributed by atoms with Gasteiger partial charge in [0.15, 0.2) is 0 Å². The summed E-state index contributed by atoms with van der Waals surface area (Å²) in [5, 5.41) is 0. The molecule has 0 radical (unpaired) electrons. The van der Waals surface area contributed by atoms with Crippen LogP contribution in [0, 0.1) is 17.8 Å². The molecule has 0 N–H and O–H groups in total. The van der Waals surface area contributed by atoms with E-state index in [2.05, 4.69) is 6.92 Å². The predicted molar refractivity (Wildman–Crippen MR) is 43.8 cm³/mol. The van der Waals surface area contributed by atoms with E-state index in [9.17, 15) is 0 Å². The molecule has 2 rings (SSSR count). The summed E-state index contributed by atoms with van der Waals surface area (Å²) in [5.74, 6) is 3.44. The number of hydrogen-bond donors (Lipinski definition) is 0. The van der Waals surface area contributed by atoms with Crippen molar-refractivity contribution in [1.29, 1.82) is 0 Å². The van der Waals surface area contributed by atoms with E-state index in [1.807, 2.05) is 0 Å². The van der Waals surface area contributed by atoms with Crippen LogP contribution in [0.3, 0.4) is 0 Å². The Hall–Kier alpha value is 0. The molecule has 0 aromatic carbocycles. The Morgan fingerprint density at radius 1 is 1.00 bits per heavy atom. The normalized spacial score (nSPS) is 39.3. The van der Waals surface area contributed by atoms with Crippen molar-refractivity contribution in [1.82, 2.24) is 0 Å². The first kappa shape index (κ1) is 6.69. The van der Waals surface area contributed by atoms with E-state index in [-0.39, 0.29) is 0 Å². The van der Waals surface area contributed by atoms with E-state index in [1.165, 1.54) is 18.8 Å². The molecule has 0 nitrogen and oxygen atoms in total. The highest BCUT2D eigenvalue weighted by atomic mass is 14.4. The summed E-state index contributed by atoms with van der Waals surface area (Å²) < 4.78 is 0. The summed E-state index contributed by atoms with van der Waals surface area (Å²) in [4.78, 5) is 0. The second kappa shape index (κ2) is 2.56. The molecule has 2 aliphatic carbocycles. The van der Waals surface area contributed by atoms with E-state index < -0.39 is 0 Å². The molecule has 0 heterocycles. The fourth-order valence-corrected chi connectivity index (χ4v) is 2.27. The average Bonchev–Trinajstić information content (AvgIpc) is 2.64. The Morgan fingerprint density at radius 3 is 2.10 bits per heavy atom. The predicted octanol–water partition coefficient (Wildman–Crippen LogP) is 3.22. The summed E-state index contributed by atoms with van der Waals surface area (Å²) >= 11 is 0. The maximum absolute atomic E-state index is 2.35. The lowest BCUT2D eigenvalue weighted by Crippen LogP contribution is -2.25. The SMILES string of the molecule is CCC1CCC1CC1CC1. The Kier molecular flexibility index (Phi) is 1.71. The van der Waals surface area contributed by atoms with E-state index in [0.717, 1.165) is 11.8 Å². The summed E-state index contributed by atoms with van der Waals surface area (Å²) in [6, 6.07) is 0. The summed E-state index contributed by atoms with van der Waals surface area (Å²) in [5.41, 5.74) is 0. The van der Waals surface area contributed by atoms with E-state index >= 15 is 0 Å². The van der Waals surface area contributed by atoms with Gasteiger partial charge >= 0.3 is 0 Å². The van der Waals surface area contributed by atoms with Crippen molar-refractivity contribution < 1.29 is 0 Å². The molecule has 2 saturated carbocycles. The molecule has 2 unspecified atom stereocenters. The van der Waals surface area contributed by atoms with Crippen LogP contribution in [0.25, 0.3) is 0 Å². The molecular formula is C10H18. The topological polar surface area (TPSA) is 0 Å². The Balaban J connectivity index is 1.71. The first-order valence-corrected chi connectivity index (χ1v) is 4.90. The van der Waals surface area contributed by atoms with Gasteiger partial charge in [0.1, 0.15) is 0 Å². The Morgan fingerprint density at radius 2 is 1.70 bits per heavy atom. The highest BCUT2D eigenvalue weighted by molar-refractivity contribution is 4.85. The van der Waals surface area contributed by atoms with Gasteiger partial charge in [-0.1, -0.05) is 26.2 Å². The summed E-state index contributed by atoms with van der Waals surface area (Å²) in [6.45, 7) is 2.35. The van der Waals surface area contributed by atoms with Gasteiger partial charge in [-0.3, -0.25) is 0 Å². The van der Waals surface area contributed by atoms with Gasteiger partial charge in [0.05, 0.1) is 0 Å². The average molecular weight is 138 g/mol. The molecule has 0 saturated heterocycles. The molecular weight excluding hydrogens is 120 g/mol. The summed E-state index contributed by atoms with van der Waals surface area (Å²) in [6.07, 6.45) is 9.21. The van der Waals surface area contributed by atoms with Gasteiger partial charge in [0.25, 0.3) is 0 Å². The van der Waals surface area contributed by atoms with Crippen molar-refractivity contribution >= 4 is 0 Å². The minimum Gasteiger partial charge on any atom is -0.0651 e. The zero-order valence-electron chi connectivity index (χ0n) is 6.97. The molecule has 0 heteroatoms. The second-order valence-electron chi connectivity index (χ2n) is 4.18. The Labute approximate surface area is 64.0 Å². The van der Waals surface area contributed by atoms with Gasteiger partial charge in [0, 0.05) is 0 Å². The highest BCUT2D eigenvalue weighted by Gasteiger charge is 2.34. The van der Waals surface area contributed by atoms with Crippen molar-refractivity contribution in [3.63, 3.8) is 0 Å². The van der Waals surface area contributed by atoms with Crippen molar-refractivity contribution in [2.24, 2.45) is 17.8 Å². The molecule has 0 spiro atoms. The first-order chi connectivity index (χ1) is 4.90. The van der Waals surface area contributed by atoms with E-state index in [1.54, 1.807) is 25.7 Å². The van der Waals surface area contributed by atoms with Gasteiger partial charge in [-0.15, -0.1) is 0 Å². The first-order valence-electron chi connectivity index (χ1n) is 4.90. The fourth-order valence-electron chi connectivity index (χ4n) is 2.27. The third kappa shape index (κ3) is 1.21. The molecule has 2 fully saturated rings. The van der Waals surface area contributed by atoms with Crippen molar-refractivity contribution in [2.75, 3.05) is 0 Å². The number of hydrogen-bond acceptors (Lipinski definition) is 0. The van der Waals surface area contributed by atoms with Gasteiger partial charge in [-0.2, -0.15) is 0 Å². The van der Waals surface area contributed by atoms with E-state index in [4.69, 9.17) is 0 Å². The largest absolute Gasteiger partial charge is 0.0651 e. The second-order valence-corrected chi connectivity index (χ2v) is 4.18. The molecule has 0 aromatic heterocycles. The highest BCUT2D eigenvalue weighted by Crippen LogP contribution is 2.46. The van der Waals surface area contributed by atoms with Crippen molar-refractivity contribution in [2.45, 2.75) is 45.4 Å². The maximum atomic E-state index is 2.35. The lowest BCUT2D eigenvalue weighted by molar-refractivity contribution is 0.151. The van der Waals surface area contributed by atoms with Crippen molar-refractivity contribution in [3.05, 3.63) is 0 Å². The van der Waals surface area contributed by atoms with Crippen LogP contribution in [-0.4, -0.2) is 0 Å². The maximum Gasteiger partial charge on any atom is -0.0383 e. The molecule has 0 aromatic rings. The lowest BCUT2D eigenvalue weighted by Gasteiger charge is -2.36. The van der Waals surface area contributed by atoms with E-state index in [0.29, 0.717) is 0 Å². The lowest BCUT2D eigenvalue weighted by atomic mass is 9.70. The minimum atomic E-state index is 1.13. The van der Waals surface area contributed by atoms with Crippen molar-refractivity contribution in [3.8, 4) is 0 Å². The smallest absolute Gasteiger partial charge is 0.0383 e. The van der Waals surface area contributed by atoms with Crippen LogP contribution in [0.1, 0.15) is 45.4 Å². The molecule has 10 heavy (non-hydrogen) atoms. The van der Waals surface area contributed by atoms with Crippen LogP contribution >= 0.6 is 0 Å². The van der Waals surface area contributed by atoms with Crippen LogP contribution in [-0.2, 0) is 0 Å². The molecule has 2 atom stereocenters. The standard InChI is InChI=1S/C10H18/c1-2-9-5-6-10(9)7-8-3-4-8/h8-10H,2-7H2,1H3. The van der Waals surface area contributed by atoms with Gasteiger partial charge in [-0.25, -0.2) is 0 Å². The molecule has 0 aliphatic heterocycles. The fraction of sp³-hybridized carbons (Fsp3) is 1.00. The van der Waals surface area contributed by atoms with Gasteiger partial charge in [-0.05, 0) is 37.0 Å². The molecule has 2 aliphatic rings. The van der Waals surface area contributed by atoms with Crippen LogP contribution in [0.4, 0.5) is 0 Å². The van der Waals surface area contributed by atoms with Crippen LogP contribution in [0.5, 0.6) is 0 Å². The molecule has 0 amide bonds. The van der Waals surface area contributed by atoms with Gasteiger partial charge < -0.3 is 0 Å². The molecule has 0 bridgehead atoms. The number of rotatable bonds is 3. The third-order valence-corrected chi connectivity index (χ3v) is 3.43.